The molecular formula is C20H44N4. The Kier molecular flexibility index (Phi) is 11.9. The van der Waals surface area contributed by atoms with E-state index in [0.29, 0.717) is 6.04 Å². The van der Waals surface area contributed by atoms with Crippen molar-refractivity contribution in [3.8, 4) is 0 Å². The summed E-state index contributed by atoms with van der Waals surface area (Å²) < 4.78 is 0. The van der Waals surface area contributed by atoms with Gasteiger partial charge in [-0.05, 0) is 78.9 Å². The largest absolute Gasteiger partial charge is 0.304 e. The summed E-state index contributed by atoms with van der Waals surface area (Å²) in [5.41, 5.74) is 0. The van der Waals surface area contributed by atoms with Crippen molar-refractivity contribution in [2.75, 3.05) is 72.0 Å². The van der Waals surface area contributed by atoms with Crippen molar-refractivity contribution >= 4 is 0 Å². The van der Waals surface area contributed by atoms with Crippen LogP contribution >= 0.6 is 0 Å². The molecule has 4 heteroatoms. The Bertz CT molecular complexity index is 283. The third kappa shape index (κ3) is 8.80. The fourth-order valence-electron chi connectivity index (χ4n) is 3.71. The fourth-order valence-corrected chi connectivity index (χ4v) is 3.71. The van der Waals surface area contributed by atoms with Crippen LogP contribution in [0.25, 0.3) is 0 Å². The molecule has 0 aliphatic carbocycles. The first-order chi connectivity index (χ1) is 11.6. The van der Waals surface area contributed by atoms with Gasteiger partial charge < -0.3 is 19.6 Å². The molecule has 0 aromatic carbocycles. The highest BCUT2D eigenvalue weighted by Gasteiger charge is 2.17. The highest BCUT2D eigenvalue weighted by Crippen LogP contribution is 2.06. The predicted molar refractivity (Wildman–Crippen MR) is 107 cm³/mol. The van der Waals surface area contributed by atoms with Crippen molar-refractivity contribution in [3.63, 3.8) is 0 Å². The van der Waals surface area contributed by atoms with E-state index in [1.54, 1.807) is 0 Å². The Morgan fingerprint density at radius 2 is 1.25 bits per heavy atom. The minimum Gasteiger partial charge on any atom is -0.304 e. The number of hydrogen-bond donors (Lipinski definition) is 0. The fraction of sp³-hybridized carbons (Fsp3) is 1.00. The second-order valence-corrected chi connectivity index (χ2v) is 7.55. The Hall–Kier alpha value is -0.160. The number of piperazine rings is 1. The van der Waals surface area contributed by atoms with Crippen molar-refractivity contribution in [3.05, 3.63) is 0 Å². The maximum absolute atomic E-state index is 2.67. The Morgan fingerprint density at radius 3 is 1.67 bits per heavy atom. The summed E-state index contributed by atoms with van der Waals surface area (Å²) >= 11 is 0. The van der Waals surface area contributed by atoms with Crippen LogP contribution in [0.15, 0.2) is 0 Å². The predicted octanol–water partition coefficient (Wildman–Crippen LogP) is 2.85. The molecule has 0 saturated carbocycles. The highest BCUT2D eigenvalue weighted by molar-refractivity contribution is 4.73. The zero-order valence-corrected chi connectivity index (χ0v) is 17.3. The Balaban J connectivity index is 2.10. The average molecular weight is 341 g/mol. The van der Waals surface area contributed by atoms with Crippen LogP contribution in [0.2, 0.25) is 0 Å². The smallest absolute Gasteiger partial charge is 0.0110 e. The highest BCUT2D eigenvalue weighted by atomic mass is 15.3. The van der Waals surface area contributed by atoms with Crippen molar-refractivity contribution in [2.24, 2.45) is 0 Å². The molecule has 1 aliphatic rings. The van der Waals surface area contributed by atoms with E-state index in [9.17, 15) is 0 Å². The quantitative estimate of drug-likeness (QED) is 0.511. The summed E-state index contributed by atoms with van der Waals surface area (Å²) in [6.07, 6.45) is 3.91. The van der Waals surface area contributed by atoms with Crippen LogP contribution in [-0.2, 0) is 0 Å². The molecule has 4 nitrogen and oxygen atoms in total. The molecular weight excluding hydrogens is 296 g/mol. The lowest BCUT2D eigenvalue weighted by molar-refractivity contribution is 0.119. The zero-order valence-electron chi connectivity index (χ0n) is 17.3. The molecule has 0 aromatic heterocycles. The minimum absolute atomic E-state index is 0.688. The molecule has 0 aromatic rings. The Morgan fingerprint density at radius 1 is 0.750 bits per heavy atom. The van der Waals surface area contributed by atoms with E-state index >= 15 is 0 Å². The second-order valence-electron chi connectivity index (χ2n) is 7.55. The molecule has 0 spiro atoms. The number of hydrogen-bond acceptors (Lipinski definition) is 4. The third-order valence-electron chi connectivity index (χ3n) is 5.47. The maximum atomic E-state index is 2.67. The van der Waals surface area contributed by atoms with Crippen molar-refractivity contribution in [2.45, 2.75) is 59.9 Å². The molecule has 0 bridgehead atoms. The van der Waals surface area contributed by atoms with Crippen LogP contribution < -0.4 is 0 Å². The van der Waals surface area contributed by atoms with E-state index in [4.69, 9.17) is 0 Å². The van der Waals surface area contributed by atoms with E-state index < -0.39 is 0 Å². The molecule has 0 N–H and O–H groups in total. The molecule has 0 amide bonds. The van der Waals surface area contributed by atoms with Crippen molar-refractivity contribution in [1.82, 2.24) is 19.6 Å². The SMILES string of the molecule is CCCN(CCCN1CCN(CCCN(CC)CC)CC1)C(C)C. The minimum atomic E-state index is 0.688. The topological polar surface area (TPSA) is 13.0 Å². The molecule has 1 rings (SSSR count). The second kappa shape index (κ2) is 13.1. The van der Waals surface area contributed by atoms with Gasteiger partial charge in [0.2, 0.25) is 0 Å². The molecule has 1 saturated heterocycles. The van der Waals surface area contributed by atoms with E-state index in [1.165, 1.54) is 91.3 Å². The number of nitrogens with zero attached hydrogens (tertiary/aromatic N) is 4. The Labute approximate surface area is 152 Å². The molecule has 0 radical (unpaired) electrons. The van der Waals surface area contributed by atoms with E-state index in [-0.39, 0.29) is 0 Å². The summed E-state index contributed by atoms with van der Waals surface area (Å²) in [6, 6.07) is 0.688. The van der Waals surface area contributed by atoms with Gasteiger partial charge in [0.05, 0.1) is 0 Å². The summed E-state index contributed by atoms with van der Waals surface area (Å²) in [7, 11) is 0. The van der Waals surface area contributed by atoms with E-state index in [0.717, 1.165) is 0 Å². The van der Waals surface area contributed by atoms with Gasteiger partial charge in [0.25, 0.3) is 0 Å². The molecule has 0 unspecified atom stereocenters. The van der Waals surface area contributed by atoms with Crippen LogP contribution in [0.3, 0.4) is 0 Å². The average Bonchev–Trinajstić information content (AvgIpc) is 2.59. The lowest BCUT2D eigenvalue weighted by atomic mass is 10.2. The van der Waals surface area contributed by atoms with Crippen LogP contribution in [0.4, 0.5) is 0 Å². The first-order valence-corrected chi connectivity index (χ1v) is 10.5. The van der Waals surface area contributed by atoms with Crippen molar-refractivity contribution < 1.29 is 0 Å². The van der Waals surface area contributed by atoms with Gasteiger partial charge in [0.1, 0.15) is 0 Å². The standard InChI is InChI=1S/C20H44N4/c1-6-11-24(20(4)5)15-10-14-23-18-16-22(17-19-23)13-9-12-21(7-2)8-3/h20H,6-19H2,1-5H3. The van der Waals surface area contributed by atoms with Crippen LogP contribution in [0.1, 0.15) is 53.9 Å². The van der Waals surface area contributed by atoms with Gasteiger partial charge in [-0.2, -0.15) is 0 Å². The summed E-state index contributed by atoms with van der Waals surface area (Å²) in [5, 5.41) is 0. The summed E-state index contributed by atoms with van der Waals surface area (Å²) in [5.74, 6) is 0. The molecule has 1 fully saturated rings. The zero-order chi connectivity index (χ0) is 17.8. The molecule has 24 heavy (non-hydrogen) atoms. The van der Waals surface area contributed by atoms with Gasteiger partial charge in [-0.3, -0.25) is 0 Å². The van der Waals surface area contributed by atoms with Gasteiger partial charge in [-0.15, -0.1) is 0 Å². The maximum Gasteiger partial charge on any atom is 0.0110 e. The molecule has 0 atom stereocenters. The van der Waals surface area contributed by atoms with Crippen LogP contribution in [0.5, 0.6) is 0 Å². The molecule has 1 aliphatic heterocycles. The van der Waals surface area contributed by atoms with Gasteiger partial charge in [-0.1, -0.05) is 20.8 Å². The lowest BCUT2D eigenvalue weighted by Crippen LogP contribution is -2.47. The van der Waals surface area contributed by atoms with Crippen molar-refractivity contribution in [1.29, 1.82) is 0 Å². The van der Waals surface area contributed by atoms with Gasteiger partial charge >= 0.3 is 0 Å². The van der Waals surface area contributed by atoms with E-state index in [2.05, 4.69) is 54.2 Å². The van der Waals surface area contributed by atoms with Gasteiger partial charge in [-0.25, -0.2) is 0 Å². The van der Waals surface area contributed by atoms with E-state index in [1.807, 2.05) is 0 Å². The molecule has 1 heterocycles. The first kappa shape index (κ1) is 21.9. The monoisotopic (exact) mass is 340 g/mol. The summed E-state index contributed by atoms with van der Waals surface area (Å²) in [4.78, 5) is 10.5. The number of rotatable bonds is 13. The normalized spacial score (nSPS) is 17.5. The molecule has 144 valence electrons. The van der Waals surface area contributed by atoms with Crippen LogP contribution in [0, 0.1) is 0 Å². The van der Waals surface area contributed by atoms with Crippen LogP contribution in [-0.4, -0.2) is 97.6 Å². The van der Waals surface area contributed by atoms with Gasteiger partial charge in [0.15, 0.2) is 0 Å². The third-order valence-corrected chi connectivity index (χ3v) is 5.47. The lowest BCUT2D eigenvalue weighted by Gasteiger charge is -2.35. The summed E-state index contributed by atoms with van der Waals surface area (Å²) in [6.45, 7) is 25.2. The van der Waals surface area contributed by atoms with Gasteiger partial charge in [0, 0.05) is 32.2 Å². The first-order valence-electron chi connectivity index (χ1n) is 10.5.